The second kappa shape index (κ2) is 9.45. The van der Waals surface area contributed by atoms with Crippen LogP contribution < -0.4 is 10.1 Å². The molecule has 2 aromatic rings. The molecule has 2 unspecified atom stereocenters. The van der Waals surface area contributed by atoms with Crippen molar-refractivity contribution in [1.29, 1.82) is 0 Å². The number of carboxylic acids is 1. The zero-order valence-corrected chi connectivity index (χ0v) is 17.0. The molecule has 0 saturated heterocycles. The first kappa shape index (κ1) is 20.0. The van der Waals surface area contributed by atoms with Crippen LogP contribution in [0.3, 0.4) is 0 Å². The highest BCUT2D eigenvalue weighted by atomic mass is 16.5. The molecule has 1 saturated carbocycles. The summed E-state index contributed by atoms with van der Waals surface area (Å²) in [5.41, 5.74) is 4.04. The van der Waals surface area contributed by atoms with Gasteiger partial charge in [-0.1, -0.05) is 42.8 Å². The van der Waals surface area contributed by atoms with Crippen molar-refractivity contribution in [3.8, 4) is 5.75 Å². The molecule has 29 heavy (non-hydrogen) atoms. The zero-order valence-electron chi connectivity index (χ0n) is 17.0. The van der Waals surface area contributed by atoms with E-state index in [1.807, 2.05) is 6.07 Å². The van der Waals surface area contributed by atoms with Crippen LogP contribution in [0.2, 0.25) is 0 Å². The van der Waals surface area contributed by atoms with Crippen LogP contribution in [-0.2, 0) is 11.2 Å². The molecule has 2 aromatic carbocycles. The lowest BCUT2D eigenvalue weighted by molar-refractivity contribution is -0.136. The first-order valence-corrected chi connectivity index (χ1v) is 11.0. The SMILES string of the molecule is O=C(O)CNCC1CCc2cc(OC3CCCCC3)ccc2C1c1ccccc1. The number of hydrogen-bond acceptors (Lipinski definition) is 3. The van der Waals surface area contributed by atoms with Crippen molar-refractivity contribution < 1.29 is 14.6 Å². The molecule has 154 valence electrons. The average Bonchev–Trinajstić information content (AvgIpc) is 2.74. The minimum absolute atomic E-state index is 0.0129. The van der Waals surface area contributed by atoms with E-state index < -0.39 is 5.97 Å². The predicted molar refractivity (Wildman–Crippen MR) is 115 cm³/mol. The quantitative estimate of drug-likeness (QED) is 0.712. The summed E-state index contributed by atoms with van der Waals surface area (Å²) in [5, 5.41) is 12.1. The monoisotopic (exact) mass is 393 g/mol. The lowest BCUT2D eigenvalue weighted by Crippen LogP contribution is -2.34. The Kier molecular flexibility index (Phi) is 6.50. The highest BCUT2D eigenvalue weighted by Crippen LogP contribution is 2.42. The molecule has 0 radical (unpaired) electrons. The minimum atomic E-state index is -0.804. The van der Waals surface area contributed by atoms with Gasteiger partial charge in [0.1, 0.15) is 5.75 Å². The molecule has 4 heteroatoms. The van der Waals surface area contributed by atoms with Gasteiger partial charge in [-0.05, 0) is 79.8 Å². The van der Waals surface area contributed by atoms with Crippen LogP contribution in [0.25, 0.3) is 0 Å². The number of fused-ring (bicyclic) bond motifs is 1. The number of aryl methyl sites for hydroxylation is 1. The smallest absolute Gasteiger partial charge is 0.317 e. The molecule has 0 spiro atoms. The standard InChI is InChI=1S/C25H31NO3/c27-24(28)17-26-16-20-12-11-19-15-22(29-21-9-5-2-6-10-21)13-14-23(19)25(20)18-7-3-1-4-8-18/h1,3-4,7-8,13-15,20-21,25-26H,2,5-6,9-12,16-17H2,(H,27,28). The summed E-state index contributed by atoms with van der Waals surface area (Å²) in [5.74, 6) is 0.867. The minimum Gasteiger partial charge on any atom is -0.490 e. The average molecular weight is 394 g/mol. The lowest BCUT2D eigenvalue weighted by Gasteiger charge is -2.35. The molecule has 0 aromatic heterocycles. The highest BCUT2D eigenvalue weighted by molar-refractivity contribution is 5.69. The van der Waals surface area contributed by atoms with Gasteiger partial charge in [0.05, 0.1) is 12.6 Å². The molecular weight excluding hydrogens is 362 g/mol. The summed E-state index contributed by atoms with van der Waals surface area (Å²) < 4.78 is 6.30. The maximum Gasteiger partial charge on any atom is 0.317 e. The van der Waals surface area contributed by atoms with E-state index in [-0.39, 0.29) is 12.5 Å². The van der Waals surface area contributed by atoms with E-state index in [9.17, 15) is 4.79 Å². The van der Waals surface area contributed by atoms with E-state index in [0.717, 1.165) is 18.6 Å². The van der Waals surface area contributed by atoms with Crippen LogP contribution in [0, 0.1) is 5.92 Å². The predicted octanol–water partition coefficient (Wildman–Crippen LogP) is 4.77. The fraction of sp³-hybridized carbons (Fsp3) is 0.480. The number of carbonyl (C=O) groups is 1. The number of benzene rings is 2. The molecule has 0 amide bonds. The van der Waals surface area contributed by atoms with Gasteiger partial charge in [0, 0.05) is 5.92 Å². The van der Waals surface area contributed by atoms with E-state index in [1.165, 1.54) is 48.8 Å². The maximum atomic E-state index is 10.9. The Morgan fingerprint density at radius 2 is 1.83 bits per heavy atom. The van der Waals surface area contributed by atoms with Crippen LogP contribution in [0.4, 0.5) is 0 Å². The summed E-state index contributed by atoms with van der Waals surface area (Å²) in [6.07, 6.45) is 8.64. The summed E-state index contributed by atoms with van der Waals surface area (Å²) in [6, 6.07) is 17.2. The summed E-state index contributed by atoms with van der Waals surface area (Å²) >= 11 is 0. The van der Waals surface area contributed by atoms with Crippen LogP contribution in [0.5, 0.6) is 5.75 Å². The van der Waals surface area contributed by atoms with Crippen molar-refractivity contribution in [2.24, 2.45) is 5.92 Å². The topological polar surface area (TPSA) is 58.6 Å². The van der Waals surface area contributed by atoms with Gasteiger partial charge in [0.2, 0.25) is 0 Å². The Morgan fingerprint density at radius 1 is 1.03 bits per heavy atom. The fourth-order valence-corrected chi connectivity index (χ4v) is 5.01. The number of hydrogen-bond donors (Lipinski definition) is 2. The van der Waals surface area contributed by atoms with Crippen molar-refractivity contribution in [1.82, 2.24) is 5.32 Å². The Bertz CT molecular complexity index is 814. The van der Waals surface area contributed by atoms with Crippen molar-refractivity contribution >= 4 is 5.97 Å². The zero-order chi connectivity index (χ0) is 20.1. The molecular formula is C25H31NO3. The maximum absolute atomic E-state index is 10.9. The number of nitrogens with one attached hydrogen (secondary N) is 1. The molecule has 2 atom stereocenters. The third-order valence-electron chi connectivity index (χ3n) is 6.40. The first-order valence-electron chi connectivity index (χ1n) is 11.0. The fourth-order valence-electron chi connectivity index (χ4n) is 5.01. The molecule has 2 aliphatic carbocycles. The van der Waals surface area contributed by atoms with Gasteiger partial charge in [-0.3, -0.25) is 4.79 Å². The second-order valence-corrected chi connectivity index (χ2v) is 8.45. The largest absolute Gasteiger partial charge is 0.490 e. The van der Waals surface area contributed by atoms with Crippen LogP contribution in [-0.4, -0.2) is 30.3 Å². The Hall–Kier alpha value is -2.33. The summed E-state index contributed by atoms with van der Waals surface area (Å²) in [6.45, 7) is 0.727. The normalized spacial score (nSPS) is 22.1. The number of carboxylic acid groups (broad SMARTS) is 1. The third-order valence-corrected chi connectivity index (χ3v) is 6.40. The van der Waals surface area contributed by atoms with E-state index in [1.54, 1.807) is 0 Å². The van der Waals surface area contributed by atoms with E-state index in [4.69, 9.17) is 9.84 Å². The molecule has 2 aliphatic rings. The highest BCUT2D eigenvalue weighted by Gasteiger charge is 2.31. The van der Waals surface area contributed by atoms with Gasteiger partial charge < -0.3 is 15.2 Å². The number of rotatable bonds is 7. The molecule has 0 heterocycles. The van der Waals surface area contributed by atoms with Crippen molar-refractivity contribution in [2.75, 3.05) is 13.1 Å². The molecule has 1 fully saturated rings. The van der Waals surface area contributed by atoms with Gasteiger partial charge in [-0.2, -0.15) is 0 Å². The van der Waals surface area contributed by atoms with E-state index in [0.29, 0.717) is 18.6 Å². The summed E-state index contributed by atoms with van der Waals surface area (Å²) in [7, 11) is 0. The van der Waals surface area contributed by atoms with Crippen LogP contribution in [0.15, 0.2) is 48.5 Å². The Balaban J connectivity index is 1.56. The number of aliphatic carboxylic acids is 1. The molecule has 2 N–H and O–H groups in total. The Morgan fingerprint density at radius 3 is 2.59 bits per heavy atom. The first-order chi connectivity index (χ1) is 14.2. The molecule has 4 nitrogen and oxygen atoms in total. The molecule has 0 bridgehead atoms. The van der Waals surface area contributed by atoms with Crippen LogP contribution in [0.1, 0.15) is 61.1 Å². The van der Waals surface area contributed by atoms with Gasteiger partial charge in [-0.15, -0.1) is 0 Å². The van der Waals surface area contributed by atoms with Gasteiger partial charge in [0.15, 0.2) is 0 Å². The van der Waals surface area contributed by atoms with E-state index in [2.05, 4.69) is 47.8 Å². The van der Waals surface area contributed by atoms with Crippen molar-refractivity contribution in [3.05, 3.63) is 65.2 Å². The van der Waals surface area contributed by atoms with E-state index >= 15 is 0 Å². The second-order valence-electron chi connectivity index (χ2n) is 8.45. The summed E-state index contributed by atoms with van der Waals surface area (Å²) in [4.78, 5) is 10.9. The van der Waals surface area contributed by atoms with Crippen molar-refractivity contribution in [2.45, 2.75) is 57.0 Å². The van der Waals surface area contributed by atoms with Gasteiger partial charge in [-0.25, -0.2) is 0 Å². The van der Waals surface area contributed by atoms with Crippen LogP contribution >= 0.6 is 0 Å². The Labute approximate surface area is 173 Å². The van der Waals surface area contributed by atoms with Crippen molar-refractivity contribution in [3.63, 3.8) is 0 Å². The van der Waals surface area contributed by atoms with Gasteiger partial charge >= 0.3 is 5.97 Å². The molecule has 0 aliphatic heterocycles. The van der Waals surface area contributed by atoms with Gasteiger partial charge in [0.25, 0.3) is 0 Å². The number of ether oxygens (including phenoxy) is 1. The molecule has 4 rings (SSSR count). The third kappa shape index (κ3) is 4.99. The lowest BCUT2D eigenvalue weighted by atomic mass is 9.71.